The Bertz CT molecular complexity index is 512. The summed E-state index contributed by atoms with van der Waals surface area (Å²) in [6.45, 7) is 0.785. The van der Waals surface area contributed by atoms with Crippen LogP contribution in [-0.2, 0) is 17.6 Å². The number of anilines is 1. The first-order valence-electron chi connectivity index (χ1n) is 6.16. The average Bonchev–Trinajstić information content (AvgIpc) is 2.91. The van der Waals surface area contributed by atoms with Gasteiger partial charge in [-0.15, -0.1) is 11.3 Å². The summed E-state index contributed by atoms with van der Waals surface area (Å²) < 4.78 is 0. The fourth-order valence-electron chi connectivity index (χ4n) is 2.72. The van der Waals surface area contributed by atoms with E-state index in [0.717, 1.165) is 36.4 Å². The van der Waals surface area contributed by atoms with Gasteiger partial charge in [0.1, 0.15) is 11.1 Å². The summed E-state index contributed by atoms with van der Waals surface area (Å²) in [6.07, 6.45) is 6.03. The number of thiophene rings is 1. The number of carbonyl (C=O) groups excluding carboxylic acids is 1. The molecule has 1 saturated heterocycles. The number of aryl methyl sites for hydroxylation is 1. The lowest BCUT2D eigenvalue weighted by molar-refractivity contribution is -0.117. The molecule has 17 heavy (non-hydrogen) atoms. The third kappa shape index (κ3) is 1.66. The van der Waals surface area contributed by atoms with E-state index in [1.165, 1.54) is 23.3 Å². The Kier molecular flexibility index (Phi) is 2.64. The van der Waals surface area contributed by atoms with Crippen LogP contribution in [0.2, 0.25) is 0 Å². The zero-order valence-corrected chi connectivity index (χ0v) is 10.5. The van der Waals surface area contributed by atoms with E-state index in [1.807, 2.05) is 4.90 Å². The van der Waals surface area contributed by atoms with Crippen LogP contribution in [0, 0.1) is 11.3 Å². The van der Waals surface area contributed by atoms with E-state index in [1.54, 1.807) is 11.3 Å². The van der Waals surface area contributed by atoms with Gasteiger partial charge in [-0.05, 0) is 37.7 Å². The molecule has 3 nitrogen and oxygen atoms in total. The molecule has 1 aliphatic heterocycles. The molecular formula is C13H14N2OS. The summed E-state index contributed by atoms with van der Waals surface area (Å²) in [5.41, 5.74) is 2.00. The van der Waals surface area contributed by atoms with Crippen molar-refractivity contribution in [2.24, 2.45) is 0 Å². The maximum absolute atomic E-state index is 11.8. The van der Waals surface area contributed by atoms with Crippen molar-refractivity contribution in [1.82, 2.24) is 0 Å². The molecule has 2 heterocycles. The summed E-state index contributed by atoms with van der Waals surface area (Å²) in [4.78, 5) is 14.9. The number of nitrogens with zero attached hydrogens (tertiary/aromatic N) is 2. The minimum Gasteiger partial charge on any atom is -0.303 e. The molecule has 88 valence electrons. The molecule has 1 amide bonds. The van der Waals surface area contributed by atoms with Crippen molar-refractivity contribution in [3.8, 4) is 6.07 Å². The molecule has 0 spiro atoms. The van der Waals surface area contributed by atoms with Gasteiger partial charge < -0.3 is 4.90 Å². The van der Waals surface area contributed by atoms with E-state index in [2.05, 4.69) is 6.07 Å². The quantitative estimate of drug-likeness (QED) is 0.764. The van der Waals surface area contributed by atoms with Crippen LogP contribution >= 0.6 is 11.3 Å². The molecule has 0 bridgehead atoms. The highest BCUT2D eigenvalue weighted by Crippen LogP contribution is 2.40. The highest BCUT2D eigenvalue weighted by Gasteiger charge is 2.29. The molecule has 4 heteroatoms. The maximum atomic E-state index is 11.8. The van der Waals surface area contributed by atoms with Crippen molar-refractivity contribution >= 4 is 22.2 Å². The third-order valence-corrected chi connectivity index (χ3v) is 4.90. The molecule has 0 atom stereocenters. The first-order chi connectivity index (χ1) is 8.31. The fourth-order valence-corrected chi connectivity index (χ4v) is 4.10. The van der Waals surface area contributed by atoms with Crippen LogP contribution in [0.25, 0.3) is 0 Å². The van der Waals surface area contributed by atoms with Crippen LogP contribution in [0.1, 0.15) is 41.7 Å². The van der Waals surface area contributed by atoms with Crippen LogP contribution < -0.4 is 4.90 Å². The average molecular weight is 246 g/mol. The normalized spacial score (nSPS) is 19.2. The smallest absolute Gasteiger partial charge is 0.227 e. The topological polar surface area (TPSA) is 44.1 Å². The van der Waals surface area contributed by atoms with Crippen molar-refractivity contribution in [1.29, 1.82) is 5.26 Å². The zero-order chi connectivity index (χ0) is 11.8. The first-order valence-corrected chi connectivity index (χ1v) is 6.98. The number of amides is 1. The van der Waals surface area contributed by atoms with Gasteiger partial charge in [0, 0.05) is 17.8 Å². The second kappa shape index (κ2) is 4.15. The van der Waals surface area contributed by atoms with E-state index in [0.29, 0.717) is 6.42 Å². The lowest BCUT2D eigenvalue weighted by atomic mass is 9.96. The zero-order valence-electron chi connectivity index (χ0n) is 9.66. The molecule has 0 saturated carbocycles. The van der Waals surface area contributed by atoms with Crippen molar-refractivity contribution < 1.29 is 4.79 Å². The predicted molar refractivity (Wildman–Crippen MR) is 67.3 cm³/mol. The SMILES string of the molecule is N#Cc1c(N2CCCC2=O)sc2c1CCCC2. The standard InChI is InChI=1S/C13H14N2OS/c14-8-10-9-4-1-2-5-11(9)17-13(10)15-7-3-6-12(15)16/h1-7H2. The van der Waals surface area contributed by atoms with Crippen LogP contribution in [0.4, 0.5) is 5.00 Å². The first kappa shape index (κ1) is 10.8. The van der Waals surface area contributed by atoms with Crippen LogP contribution in [0.15, 0.2) is 0 Å². The van der Waals surface area contributed by atoms with Crippen molar-refractivity contribution in [3.05, 3.63) is 16.0 Å². The van der Waals surface area contributed by atoms with Gasteiger partial charge in [-0.1, -0.05) is 0 Å². The highest BCUT2D eigenvalue weighted by atomic mass is 32.1. The Labute approximate surface area is 105 Å². The van der Waals surface area contributed by atoms with Crippen LogP contribution in [0.5, 0.6) is 0 Å². The number of nitriles is 1. The lowest BCUT2D eigenvalue weighted by Crippen LogP contribution is -2.23. The van der Waals surface area contributed by atoms with Gasteiger partial charge in [0.2, 0.25) is 5.91 Å². The van der Waals surface area contributed by atoms with Crippen molar-refractivity contribution in [2.45, 2.75) is 38.5 Å². The monoisotopic (exact) mass is 246 g/mol. The number of fused-ring (bicyclic) bond motifs is 1. The number of hydrogen-bond acceptors (Lipinski definition) is 3. The summed E-state index contributed by atoms with van der Waals surface area (Å²) in [5, 5.41) is 10.2. The maximum Gasteiger partial charge on any atom is 0.227 e. The Balaban J connectivity index is 2.07. The summed E-state index contributed by atoms with van der Waals surface area (Å²) in [7, 11) is 0. The van der Waals surface area contributed by atoms with E-state index in [9.17, 15) is 10.1 Å². The molecule has 2 aliphatic rings. The highest BCUT2D eigenvalue weighted by molar-refractivity contribution is 7.16. The Hall–Kier alpha value is -1.34. The molecule has 1 aromatic heterocycles. The van der Waals surface area contributed by atoms with Crippen molar-refractivity contribution in [3.63, 3.8) is 0 Å². The number of rotatable bonds is 1. The lowest BCUT2D eigenvalue weighted by Gasteiger charge is -2.13. The van der Waals surface area contributed by atoms with E-state index in [4.69, 9.17) is 0 Å². The number of carbonyl (C=O) groups is 1. The van der Waals surface area contributed by atoms with E-state index in [-0.39, 0.29) is 5.91 Å². The summed E-state index contributed by atoms with van der Waals surface area (Å²) >= 11 is 1.67. The van der Waals surface area contributed by atoms with Gasteiger partial charge >= 0.3 is 0 Å². The second-order valence-corrected chi connectivity index (χ2v) is 5.74. The number of hydrogen-bond donors (Lipinski definition) is 0. The van der Waals surface area contributed by atoms with E-state index < -0.39 is 0 Å². The van der Waals surface area contributed by atoms with Gasteiger partial charge in [-0.3, -0.25) is 4.79 Å². The molecular weight excluding hydrogens is 232 g/mol. The molecule has 0 unspecified atom stereocenters. The Morgan fingerprint density at radius 3 is 2.71 bits per heavy atom. The molecule has 1 aliphatic carbocycles. The third-order valence-electron chi connectivity index (χ3n) is 3.58. The molecule has 1 aromatic rings. The molecule has 0 radical (unpaired) electrons. The Morgan fingerprint density at radius 2 is 2.00 bits per heavy atom. The van der Waals surface area contributed by atoms with E-state index >= 15 is 0 Å². The summed E-state index contributed by atoms with van der Waals surface area (Å²) in [6, 6.07) is 2.32. The van der Waals surface area contributed by atoms with Crippen LogP contribution in [-0.4, -0.2) is 12.5 Å². The second-order valence-electron chi connectivity index (χ2n) is 4.65. The van der Waals surface area contributed by atoms with Gasteiger partial charge in [0.25, 0.3) is 0 Å². The van der Waals surface area contributed by atoms with Crippen molar-refractivity contribution in [2.75, 3.05) is 11.4 Å². The van der Waals surface area contributed by atoms with Gasteiger partial charge in [0.15, 0.2) is 0 Å². The minimum absolute atomic E-state index is 0.181. The fraction of sp³-hybridized carbons (Fsp3) is 0.538. The van der Waals surface area contributed by atoms with Crippen LogP contribution in [0.3, 0.4) is 0 Å². The van der Waals surface area contributed by atoms with Gasteiger partial charge in [0.05, 0.1) is 5.56 Å². The largest absolute Gasteiger partial charge is 0.303 e. The Morgan fingerprint density at radius 1 is 1.18 bits per heavy atom. The molecule has 1 fully saturated rings. The van der Waals surface area contributed by atoms with Gasteiger partial charge in [-0.2, -0.15) is 5.26 Å². The molecule has 3 rings (SSSR count). The molecule has 0 N–H and O–H groups in total. The van der Waals surface area contributed by atoms with Gasteiger partial charge in [-0.25, -0.2) is 0 Å². The summed E-state index contributed by atoms with van der Waals surface area (Å²) in [5.74, 6) is 0.181. The minimum atomic E-state index is 0.181. The molecule has 0 aromatic carbocycles. The predicted octanol–water partition coefficient (Wildman–Crippen LogP) is 2.63.